The molecule has 0 heterocycles. The average Bonchev–Trinajstić information content (AvgIpc) is 2.54. The monoisotopic (exact) mass is 308 g/mol. The summed E-state index contributed by atoms with van der Waals surface area (Å²) in [7, 11) is 0. The topological polar surface area (TPSA) is 73.6 Å². The molecule has 3 N–H and O–H groups in total. The van der Waals surface area contributed by atoms with Gasteiger partial charge in [-0.25, -0.2) is 0 Å². The first-order valence-corrected chi connectivity index (χ1v) is 7.98. The van der Waals surface area contributed by atoms with Gasteiger partial charge in [-0.3, -0.25) is 4.79 Å². The van der Waals surface area contributed by atoms with E-state index >= 15 is 0 Å². The normalized spacial score (nSPS) is 11.1. The molecule has 1 amide bonds. The van der Waals surface area contributed by atoms with E-state index in [1.54, 1.807) is 18.2 Å². The molecule has 0 atom stereocenters. The third-order valence-corrected chi connectivity index (χ3v) is 3.93. The lowest BCUT2D eigenvalue weighted by Crippen LogP contribution is -2.52. The van der Waals surface area contributed by atoms with Crippen LogP contribution in [-0.4, -0.2) is 31.2 Å². The minimum atomic E-state index is -0.360. The predicted molar refractivity (Wildman–Crippen MR) is 88.6 cm³/mol. The maximum atomic E-state index is 12.5. The maximum absolute atomic E-state index is 12.5. The quantitative estimate of drug-likeness (QED) is 0.735. The first-order valence-electron chi connectivity index (χ1n) is 7.98. The SMILES string of the molecule is CCOc1ccc(C(=O)NC(CC)(CC)CN)cc1OCC. The van der Waals surface area contributed by atoms with Gasteiger partial charge < -0.3 is 20.5 Å². The van der Waals surface area contributed by atoms with Crippen LogP contribution in [0.2, 0.25) is 0 Å². The van der Waals surface area contributed by atoms with Gasteiger partial charge in [0.15, 0.2) is 11.5 Å². The van der Waals surface area contributed by atoms with Crippen molar-refractivity contribution in [3.8, 4) is 11.5 Å². The molecule has 0 bridgehead atoms. The molecule has 0 aliphatic rings. The number of ether oxygens (including phenoxy) is 2. The highest BCUT2D eigenvalue weighted by molar-refractivity contribution is 5.95. The third kappa shape index (κ3) is 4.37. The number of hydrogen-bond acceptors (Lipinski definition) is 4. The summed E-state index contributed by atoms with van der Waals surface area (Å²) in [5, 5.41) is 3.06. The van der Waals surface area contributed by atoms with E-state index in [-0.39, 0.29) is 11.4 Å². The average molecular weight is 308 g/mol. The van der Waals surface area contributed by atoms with Crippen LogP contribution in [0.15, 0.2) is 18.2 Å². The lowest BCUT2D eigenvalue weighted by molar-refractivity contribution is 0.0894. The van der Waals surface area contributed by atoms with Crippen molar-refractivity contribution in [2.45, 2.75) is 46.1 Å². The molecule has 0 aromatic heterocycles. The Labute approximate surface area is 133 Å². The molecule has 124 valence electrons. The lowest BCUT2D eigenvalue weighted by Gasteiger charge is -2.31. The zero-order chi connectivity index (χ0) is 16.6. The molecule has 0 aliphatic carbocycles. The smallest absolute Gasteiger partial charge is 0.251 e. The fourth-order valence-corrected chi connectivity index (χ4v) is 2.27. The number of hydrogen-bond donors (Lipinski definition) is 2. The van der Waals surface area contributed by atoms with Crippen molar-refractivity contribution in [3.05, 3.63) is 23.8 Å². The second-order valence-electron chi connectivity index (χ2n) is 5.17. The van der Waals surface area contributed by atoms with Crippen LogP contribution in [0.3, 0.4) is 0 Å². The Hall–Kier alpha value is -1.75. The second-order valence-corrected chi connectivity index (χ2v) is 5.17. The van der Waals surface area contributed by atoms with Gasteiger partial charge in [-0.1, -0.05) is 13.8 Å². The van der Waals surface area contributed by atoms with Gasteiger partial charge in [-0.2, -0.15) is 0 Å². The van der Waals surface area contributed by atoms with Gasteiger partial charge in [-0.05, 0) is 44.9 Å². The van der Waals surface area contributed by atoms with E-state index in [1.165, 1.54) is 0 Å². The highest BCUT2D eigenvalue weighted by Gasteiger charge is 2.27. The zero-order valence-electron chi connectivity index (χ0n) is 14.1. The van der Waals surface area contributed by atoms with E-state index in [4.69, 9.17) is 15.2 Å². The Morgan fingerprint density at radius 1 is 1.09 bits per heavy atom. The Kier molecular flexibility index (Phi) is 7.18. The van der Waals surface area contributed by atoms with E-state index < -0.39 is 0 Å². The van der Waals surface area contributed by atoms with Crippen molar-refractivity contribution in [1.29, 1.82) is 0 Å². The van der Waals surface area contributed by atoms with Crippen molar-refractivity contribution >= 4 is 5.91 Å². The summed E-state index contributed by atoms with van der Waals surface area (Å²) in [4.78, 5) is 12.5. The van der Waals surface area contributed by atoms with E-state index in [0.717, 1.165) is 12.8 Å². The third-order valence-electron chi connectivity index (χ3n) is 3.93. The summed E-state index contributed by atoms with van der Waals surface area (Å²) in [5.74, 6) is 1.10. The number of amides is 1. The Balaban J connectivity index is 3.00. The minimum absolute atomic E-state index is 0.141. The van der Waals surface area contributed by atoms with Crippen LogP contribution in [0, 0.1) is 0 Å². The van der Waals surface area contributed by atoms with Crippen LogP contribution < -0.4 is 20.5 Å². The van der Waals surface area contributed by atoms with Crippen molar-refractivity contribution in [2.24, 2.45) is 5.73 Å². The van der Waals surface area contributed by atoms with E-state index in [2.05, 4.69) is 5.32 Å². The number of rotatable bonds is 9. The molecule has 0 unspecified atom stereocenters. The van der Waals surface area contributed by atoms with Gasteiger partial charge in [0, 0.05) is 12.1 Å². The van der Waals surface area contributed by atoms with Crippen molar-refractivity contribution in [3.63, 3.8) is 0 Å². The van der Waals surface area contributed by atoms with Gasteiger partial charge >= 0.3 is 0 Å². The van der Waals surface area contributed by atoms with Gasteiger partial charge in [-0.15, -0.1) is 0 Å². The molecule has 0 saturated carbocycles. The Bertz CT molecular complexity index is 477. The molecule has 0 spiro atoms. The summed E-state index contributed by atoms with van der Waals surface area (Å²) in [6, 6.07) is 5.23. The molecule has 1 aromatic carbocycles. The highest BCUT2D eigenvalue weighted by Crippen LogP contribution is 2.29. The fraction of sp³-hybridized carbons (Fsp3) is 0.588. The van der Waals surface area contributed by atoms with Gasteiger partial charge in [0.25, 0.3) is 5.91 Å². The van der Waals surface area contributed by atoms with Gasteiger partial charge in [0.05, 0.1) is 18.8 Å². The molecule has 0 radical (unpaired) electrons. The zero-order valence-corrected chi connectivity index (χ0v) is 14.1. The number of nitrogens with one attached hydrogen (secondary N) is 1. The summed E-state index contributed by atoms with van der Waals surface area (Å²) in [5.41, 5.74) is 6.03. The van der Waals surface area contributed by atoms with Crippen molar-refractivity contribution < 1.29 is 14.3 Å². The van der Waals surface area contributed by atoms with E-state index in [1.807, 2.05) is 27.7 Å². The molecule has 1 aromatic rings. The number of benzene rings is 1. The number of nitrogens with two attached hydrogens (primary N) is 1. The van der Waals surface area contributed by atoms with Crippen LogP contribution in [-0.2, 0) is 0 Å². The molecule has 0 aliphatic heterocycles. The van der Waals surface area contributed by atoms with Crippen LogP contribution >= 0.6 is 0 Å². The molecule has 0 fully saturated rings. The lowest BCUT2D eigenvalue weighted by atomic mass is 9.92. The van der Waals surface area contributed by atoms with Crippen LogP contribution in [0.4, 0.5) is 0 Å². The van der Waals surface area contributed by atoms with Crippen molar-refractivity contribution in [2.75, 3.05) is 19.8 Å². The molecule has 5 nitrogen and oxygen atoms in total. The molecular formula is C17H28N2O3. The predicted octanol–water partition coefficient (Wildman–Crippen LogP) is 2.73. The van der Waals surface area contributed by atoms with Crippen LogP contribution in [0.5, 0.6) is 11.5 Å². The Morgan fingerprint density at radius 2 is 1.68 bits per heavy atom. The second kappa shape index (κ2) is 8.63. The van der Waals surface area contributed by atoms with E-state index in [9.17, 15) is 4.79 Å². The summed E-state index contributed by atoms with van der Waals surface area (Å²) >= 11 is 0. The van der Waals surface area contributed by atoms with Crippen molar-refractivity contribution in [1.82, 2.24) is 5.32 Å². The van der Waals surface area contributed by atoms with Gasteiger partial charge in [0.2, 0.25) is 0 Å². The first kappa shape index (κ1) is 18.3. The number of carbonyl (C=O) groups excluding carboxylic acids is 1. The molecule has 1 rings (SSSR count). The molecular weight excluding hydrogens is 280 g/mol. The summed E-state index contributed by atoms with van der Waals surface area (Å²) < 4.78 is 11.1. The fourth-order valence-electron chi connectivity index (χ4n) is 2.27. The molecule has 0 saturated heterocycles. The standard InChI is InChI=1S/C17H28N2O3/c1-5-17(6-2,12-18)19-16(20)13-9-10-14(21-7-3)15(11-13)22-8-4/h9-11H,5-8,12,18H2,1-4H3,(H,19,20). The van der Waals surface area contributed by atoms with E-state index in [0.29, 0.717) is 36.8 Å². The summed E-state index contributed by atoms with van der Waals surface area (Å²) in [6.45, 7) is 9.35. The summed E-state index contributed by atoms with van der Waals surface area (Å²) in [6.07, 6.45) is 1.59. The molecule has 5 heteroatoms. The van der Waals surface area contributed by atoms with Crippen LogP contribution in [0.1, 0.15) is 50.9 Å². The Morgan fingerprint density at radius 3 is 2.18 bits per heavy atom. The minimum Gasteiger partial charge on any atom is -0.490 e. The highest BCUT2D eigenvalue weighted by atomic mass is 16.5. The maximum Gasteiger partial charge on any atom is 0.251 e. The first-order chi connectivity index (χ1) is 10.6. The van der Waals surface area contributed by atoms with Gasteiger partial charge in [0.1, 0.15) is 0 Å². The largest absolute Gasteiger partial charge is 0.490 e. The molecule has 22 heavy (non-hydrogen) atoms. The van der Waals surface area contributed by atoms with Crippen LogP contribution in [0.25, 0.3) is 0 Å². The number of carbonyl (C=O) groups is 1.